The molecule has 0 radical (unpaired) electrons. The number of thiophene rings is 1. The summed E-state index contributed by atoms with van der Waals surface area (Å²) in [6.45, 7) is 0. The predicted octanol–water partition coefficient (Wildman–Crippen LogP) is 22.3. The maximum absolute atomic E-state index is 7.59. The van der Waals surface area contributed by atoms with Crippen LogP contribution in [0.1, 0.15) is 88.6 Å². The minimum atomic E-state index is -0.592. The van der Waals surface area contributed by atoms with E-state index in [4.69, 9.17) is 4.74 Å². The molecular weight excluding hydrogens is 1090 g/mol. The highest BCUT2D eigenvalue weighted by Crippen LogP contribution is 2.68. The maximum atomic E-state index is 7.59. The summed E-state index contributed by atoms with van der Waals surface area (Å²) in [6, 6.07) is 107. The SMILES string of the molecule is c1ccc(N(c2cccc(C3(c4ccccc4)c4ccccc4-c4ccccc43)c2)c2ccc3c(c2)sc2cc(N(c4ccccc4)c4cc(C56CC7CC(CC(C7)C5)C6)c5c(c4)C4(c6ccccc6O5)c5ccccc5-c5ccccc54)ccc23)cc1. The fraction of sp³-hybridized carbons (Fsp3) is 0.143. The summed E-state index contributed by atoms with van der Waals surface area (Å²) < 4.78 is 10.1. The summed E-state index contributed by atoms with van der Waals surface area (Å²) in [5.74, 6) is 4.33. The van der Waals surface area contributed by atoms with E-state index in [2.05, 4.69) is 295 Å². The summed E-state index contributed by atoms with van der Waals surface area (Å²) in [7, 11) is 0. The second-order valence-corrected chi connectivity index (χ2v) is 27.2. The van der Waals surface area contributed by atoms with Crippen LogP contribution in [0.2, 0.25) is 0 Å². The molecule has 1 aliphatic heterocycles. The molecule has 1 aromatic heterocycles. The lowest BCUT2D eigenvalue weighted by Gasteiger charge is -2.57. The third kappa shape index (κ3) is 7.12. The Bertz CT molecular complexity index is 4840. The van der Waals surface area contributed by atoms with Crippen LogP contribution >= 0.6 is 11.3 Å². The van der Waals surface area contributed by atoms with Crippen molar-refractivity contribution < 1.29 is 4.74 Å². The van der Waals surface area contributed by atoms with Gasteiger partial charge < -0.3 is 14.5 Å². The van der Waals surface area contributed by atoms with Crippen LogP contribution in [0.15, 0.2) is 285 Å². The average Bonchev–Trinajstić information content (AvgIpc) is 1.38. The van der Waals surface area contributed by atoms with E-state index in [1.54, 1.807) is 0 Å². The fourth-order valence-electron chi connectivity index (χ4n) is 18.6. The lowest BCUT2D eigenvalue weighted by atomic mass is 9.47. The van der Waals surface area contributed by atoms with Crippen molar-refractivity contribution in [3.8, 4) is 33.8 Å². The number of nitrogens with zero attached hydrogens (tertiary/aromatic N) is 2. The van der Waals surface area contributed by atoms with Crippen LogP contribution in [-0.2, 0) is 16.2 Å². The van der Waals surface area contributed by atoms with E-state index in [1.807, 2.05) is 11.3 Å². The second kappa shape index (κ2) is 19.1. The van der Waals surface area contributed by atoms with Crippen molar-refractivity contribution in [2.75, 3.05) is 9.80 Å². The molecule has 13 aromatic rings. The highest BCUT2D eigenvalue weighted by Gasteiger charge is 2.57. The lowest BCUT2D eigenvalue weighted by molar-refractivity contribution is -0.00609. The van der Waals surface area contributed by atoms with Crippen LogP contribution in [-0.4, -0.2) is 0 Å². The Kier molecular flexibility index (Phi) is 11.0. The van der Waals surface area contributed by atoms with E-state index >= 15 is 0 Å². The molecule has 6 aliphatic carbocycles. The van der Waals surface area contributed by atoms with Crippen molar-refractivity contribution in [1.82, 2.24) is 0 Å². The molecule has 4 fully saturated rings. The predicted molar refractivity (Wildman–Crippen MR) is 363 cm³/mol. The van der Waals surface area contributed by atoms with Crippen LogP contribution in [0.4, 0.5) is 34.1 Å². The van der Waals surface area contributed by atoms with Crippen LogP contribution in [0.25, 0.3) is 42.4 Å². The molecule has 4 saturated carbocycles. The quantitative estimate of drug-likeness (QED) is 0.143. The minimum Gasteiger partial charge on any atom is -0.456 e. The Balaban J connectivity index is 0.787. The number of benzene rings is 12. The van der Waals surface area contributed by atoms with E-state index in [0.29, 0.717) is 0 Å². The number of anilines is 6. The molecule has 0 amide bonds. The van der Waals surface area contributed by atoms with E-state index in [0.717, 1.165) is 57.7 Å². The van der Waals surface area contributed by atoms with Crippen LogP contribution in [0.5, 0.6) is 11.5 Å². The van der Waals surface area contributed by atoms with Gasteiger partial charge in [0.25, 0.3) is 0 Å². The highest BCUT2D eigenvalue weighted by molar-refractivity contribution is 7.25. The first kappa shape index (κ1) is 50.4. The number of fused-ring (bicyclic) bond motifs is 15. The first-order valence-electron chi connectivity index (χ1n) is 31.7. The molecule has 0 atom stereocenters. The Morgan fingerprint density at radius 2 is 0.716 bits per heavy atom. The van der Waals surface area contributed by atoms with E-state index in [-0.39, 0.29) is 5.41 Å². The van der Waals surface area contributed by atoms with E-state index < -0.39 is 10.8 Å². The van der Waals surface area contributed by atoms with Gasteiger partial charge in [0.2, 0.25) is 0 Å². The molecule has 0 N–H and O–H groups in total. The molecule has 1 spiro atoms. The van der Waals surface area contributed by atoms with Crippen molar-refractivity contribution in [3.63, 3.8) is 0 Å². The van der Waals surface area contributed by atoms with Crippen molar-refractivity contribution in [2.45, 2.75) is 54.8 Å². The molecule has 0 unspecified atom stereocenters. The second-order valence-electron chi connectivity index (χ2n) is 26.1. The molecule has 7 aliphatic rings. The van der Waals surface area contributed by atoms with Gasteiger partial charge in [-0.3, -0.25) is 0 Å². The summed E-state index contributed by atoms with van der Waals surface area (Å²) >= 11 is 1.89. The normalized spacial score (nSPS) is 19.8. The van der Waals surface area contributed by atoms with Gasteiger partial charge in [0, 0.05) is 71.0 Å². The standard InChI is InChI=1S/C84H62N2OS/c1-4-21-57(22-5-1)83(71-33-14-10-29-65(71)66-30-11-15-34-72(66)83)58-23-20-28-61(46-58)85(59-24-6-2-7-25-59)62-39-41-69-70-42-40-63(50-80(70)88-79(69)49-62)86(60-26-8-3-9-27-60)64-47-76(82-51-54-43-55(52-82)45-56(44-54)53-82)81-77(48-64)84(75-37-18-19-38-78(75)87-81)73-35-16-12-31-67(73)68-32-13-17-36-74(68)84/h1-42,46-50,54-56H,43-45,51-53H2. The van der Waals surface area contributed by atoms with Gasteiger partial charge in [-0.25, -0.2) is 0 Å². The Hall–Kier alpha value is -9.74. The number of rotatable bonds is 9. The molecule has 20 rings (SSSR count). The average molecular weight is 1150 g/mol. The molecule has 2 heterocycles. The Labute approximate surface area is 518 Å². The Morgan fingerprint density at radius 3 is 1.25 bits per heavy atom. The van der Waals surface area contributed by atoms with Gasteiger partial charge >= 0.3 is 0 Å². The fourth-order valence-corrected chi connectivity index (χ4v) is 19.7. The first-order valence-corrected chi connectivity index (χ1v) is 32.5. The summed E-state index contributed by atoms with van der Waals surface area (Å²) in [4.78, 5) is 5.02. The van der Waals surface area contributed by atoms with E-state index in [9.17, 15) is 0 Å². The van der Waals surface area contributed by atoms with Crippen LogP contribution in [0.3, 0.4) is 0 Å². The highest BCUT2D eigenvalue weighted by atomic mass is 32.1. The molecule has 88 heavy (non-hydrogen) atoms. The molecule has 12 aromatic carbocycles. The molecule has 4 bridgehead atoms. The minimum absolute atomic E-state index is 0.0288. The zero-order chi connectivity index (χ0) is 57.7. The first-order chi connectivity index (χ1) is 43.5. The Morgan fingerprint density at radius 1 is 0.307 bits per heavy atom. The lowest BCUT2D eigenvalue weighted by Crippen LogP contribution is -2.49. The van der Waals surface area contributed by atoms with Gasteiger partial charge in [0.15, 0.2) is 0 Å². The van der Waals surface area contributed by atoms with Crippen molar-refractivity contribution >= 4 is 65.6 Å². The zero-order valence-electron chi connectivity index (χ0n) is 48.8. The van der Waals surface area contributed by atoms with Gasteiger partial charge in [-0.15, -0.1) is 11.3 Å². The topological polar surface area (TPSA) is 15.7 Å². The monoisotopic (exact) mass is 1150 g/mol. The molecule has 3 nitrogen and oxygen atoms in total. The number of para-hydroxylation sites is 3. The molecule has 0 saturated heterocycles. The maximum Gasteiger partial charge on any atom is 0.136 e. The third-order valence-corrected chi connectivity index (χ3v) is 22.6. The largest absolute Gasteiger partial charge is 0.456 e. The van der Waals surface area contributed by atoms with Crippen molar-refractivity contribution in [3.05, 3.63) is 335 Å². The molecule has 420 valence electrons. The molecule has 4 heteroatoms. The van der Waals surface area contributed by atoms with Crippen molar-refractivity contribution in [1.29, 1.82) is 0 Å². The van der Waals surface area contributed by atoms with Gasteiger partial charge in [-0.2, -0.15) is 0 Å². The van der Waals surface area contributed by atoms with Gasteiger partial charge in [-0.05, 0) is 196 Å². The summed E-state index contributed by atoms with van der Waals surface area (Å²) in [5, 5.41) is 2.53. The van der Waals surface area contributed by atoms with Crippen LogP contribution < -0.4 is 14.5 Å². The van der Waals surface area contributed by atoms with Gasteiger partial charge in [0.05, 0.1) is 10.8 Å². The van der Waals surface area contributed by atoms with Crippen LogP contribution in [0, 0.1) is 17.8 Å². The number of hydrogen-bond acceptors (Lipinski definition) is 4. The van der Waals surface area contributed by atoms with Gasteiger partial charge in [-0.1, -0.05) is 206 Å². The molecular formula is C84H62N2OS. The zero-order valence-corrected chi connectivity index (χ0v) is 49.6. The van der Waals surface area contributed by atoms with Gasteiger partial charge in [0.1, 0.15) is 11.5 Å². The summed E-state index contributed by atoms with van der Waals surface area (Å²) in [6.07, 6.45) is 7.81. The number of ether oxygens (including phenoxy) is 1. The smallest absolute Gasteiger partial charge is 0.136 e. The van der Waals surface area contributed by atoms with E-state index in [1.165, 1.54) is 137 Å². The van der Waals surface area contributed by atoms with Crippen molar-refractivity contribution in [2.24, 2.45) is 17.8 Å². The third-order valence-electron chi connectivity index (χ3n) is 21.5. The summed E-state index contributed by atoms with van der Waals surface area (Å²) in [5.41, 5.74) is 22.6. The number of hydrogen-bond donors (Lipinski definition) is 0.